The highest BCUT2D eigenvalue weighted by Gasteiger charge is 2.19. The summed E-state index contributed by atoms with van der Waals surface area (Å²) in [6, 6.07) is 4.10. The molecule has 1 aromatic rings. The summed E-state index contributed by atoms with van der Waals surface area (Å²) in [7, 11) is 2.17. The molecule has 0 amide bonds. The molecule has 0 unspecified atom stereocenters. The lowest BCUT2D eigenvalue weighted by Crippen LogP contribution is -2.39. The van der Waals surface area contributed by atoms with Crippen molar-refractivity contribution in [3.05, 3.63) is 17.8 Å². The van der Waals surface area contributed by atoms with E-state index in [1.165, 1.54) is 12.8 Å². The standard InChI is InChI=1S/C14H25N5/c1-14(2,15)10-16-13-5-4-12(17-18-13)11-6-8-19(3)9-7-11/h4-5,11H,6-10,15H2,1-3H3,(H,16,18). The zero-order valence-corrected chi connectivity index (χ0v) is 12.2. The summed E-state index contributed by atoms with van der Waals surface area (Å²) in [4.78, 5) is 2.36. The summed E-state index contributed by atoms with van der Waals surface area (Å²) in [5.41, 5.74) is 6.80. The topological polar surface area (TPSA) is 67.1 Å². The smallest absolute Gasteiger partial charge is 0.148 e. The molecule has 3 N–H and O–H groups in total. The third-order valence-corrected chi connectivity index (χ3v) is 3.55. The fourth-order valence-electron chi connectivity index (χ4n) is 2.28. The Hall–Kier alpha value is -1.20. The number of likely N-dealkylation sites (tertiary alicyclic amines) is 1. The van der Waals surface area contributed by atoms with E-state index < -0.39 is 0 Å². The van der Waals surface area contributed by atoms with Crippen molar-refractivity contribution in [3.8, 4) is 0 Å². The molecular formula is C14H25N5. The zero-order chi connectivity index (χ0) is 13.9. The average molecular weight is 263 g/mol. The van der Waals surface area contributed by atoms with Gasteiger partial charge in [-0.2, -0.15) is 5.10 Å². The van der Waals surface area contributed by atoms with Gasteiger partial charge in [-0.05, 0) is 59.0 Å². The fraction of sp³-hybridized carbons (Fsp3) is 0.714. The summed E-state index contributed by atoms with van der Waals surface area (Å²) in [6.45, 7) is 6.96. The molecule has 0 atom stereocenters. The highest BCUT2D eigenvalue weighted by atomic mass is 15.2. The summed E-state index contributed by atoms with van der Waals surface area (Å²) < 4.78 is 0. The second-order valence-corrected chi connectivity index (χ2v) is 6.26. The summed E-state index contributed by atoms with van der Waals surface area (Å²) in [6.07, 6.45) is 2.35. The van der Waals surface area contributed by atoms with Gasteiger partial charge in [-0.15, -0.1) is 5.10 Å². The second kappa shape index (κ2) is 5.84. The second-order valence-electron chi connectivity index (χ2n) is 6.26. The van der Waals surface area contributed by atoms with Crippen molar-refractivity contribution in [1.29, 1.82) is 0 Å². The molecule has 0 radical (unpaired) electrons. The minimum atomic E-state index is -0.242. The number of aromatic nitrogens is 2. The number of anilines is 1. The number of hydrogen-bond donors (Lipinski definition) is 2. The van der Waals surface area contributed by atoms with Crippen molar-refractivity contribution in [3.63, 3.8) is 0 Å². The normalized spacial score (nSPS) is 18.5. The molecular weight excluding hydrogens is 238 g/mol. The molecule has 1 aliphatic rings. The lowest BCUT2D eigenvalue weighted by Gasteiger charge is -2.28. The molecule has 5 heteroatoms. The van der Waals surface area contributed by atoms with Gasteiger partial charge in [0.15, 0.2) is 0 Å². The van der Waals surface area contributed by atoms with Crippen LogP contribution in [0.3, 0.4) is 0 Å². The molecule has 1 aliphatic heterocycles. The first-order valence-corrected chi connectivity index (χ1v) is 6.99. The minimum Gasteiger partial charge on any atom is -0.367 e. The third-order valence-electron chi connectivity index (χ3n) is 3.55. The molecule has 0 spiro atoms. The van der Waals surface area contributed by atoms with Crippen molar-refractivity contribution in [2.24, 2.45) is 5.73 Å². The lowest BCUT2D eigenvalue weighted by atomic mass is 9.94. The van der Waals surface area contributed by atoms with Gasteiger partial charge in [0.1, 0.15) is 5.82 Å². The van der Waals surface area contributed by atoms with E-state index in [1.54, 1.807) is 0 Å². The Morgan fingerprint density at radius 1 is 1.32 bits per heavy atom. The molecule has 0 aromatic carbocycles. The third kappa shape index (κ3) is 4.44. The molecule has 5 nitrogen and oxygen atoms in total. The minimum absolute atomic E-state index is 0.242. The number of rotatable bonds is 4. The first-order chi connectivity index (χ1) is 8.94. The van der Waals surface area contributed by atoms with Crippen LogP contribution in [0.2, 0.25) is 0 Å². The lowest BCUT2D eigenvalue weighted by molar-refractivity contribution is 0.253. The average Bonchev–Trinajstić information content (AvgIpc) is 2.37. The maximum Gasteiger partial charge on any atom is 0.148 e. The summed E-state index contributed by atoms with van der Waals surface area (Å²) in [5.74, 6) is 1.36. The van der Waals surface area contributed by atoms with Crippen molar-refractivity contribution in [1.82, 2.24) is 15.1 Å². The first-order valence-electron chi connectivity index (χ1n) is 6.99. The maximum absolute atomic E-state index is 5.93. The Labute approximate surface area is 115 Å². The Morgan fingerprint density at radius 2 is 2.00 bits per heavy atom. The molecule has 19 heavy (non-hydrogen) atoms. The van der Waals surface area contributed by atoms with Gasteiger partial charge in [-0.3, -0.25) is 0 Å². The van der Waals surface area contributed by atoms with E-state index in [2.05, 4.69) is 33.5 Å². The van der Waals surface area contributed by atoms with Crippen LogP contribution < -0.4 is 11.1 Å². The Kier molecular flexibility index (Phi) is 4.37. The maximum atomic E-state index is 5.93. The zero-order valence-electron chi connectivity index (χ0n) is 12.2. The van der Waals surface area contributed by atoms with Crippen LogP contribution in [0.4, 0.5) is 5.82 Å². The Bertz CT molecular complexity index is 387. The van der Waals surface area contributed by atoms with Crippen LogP contribution >= 0.6 is 0 Å². The van der Waals surface area contributed by atoms with Gasteiger partial charge in [0.2, 0.25) is 0 Å². The van der Waals surface area contributed by atoms with E-state index in [0.717, 1.165) is 24.6 Å². The van der Waals surface area contributed by atoms with E-state index in [1.807, 2.05) is 19.9 Å². The van der Waals surface area contributed by atoms with Gasteiger partial charge in [-0.25, -0.2) is 0 Å². The van der Waals surface area contributed by atoms with E-state index in [9.17, 15) is 0 Å². The number of piperidine rings is 1. The highest BCUT2D eigenvalue weighted by molar-refractivity contribution is 5.34. The molecule has 1 saturated heterocycles. The van der Waals surface area contributed by atoms with Crippen molar-refractivity contribution in [2.75, 3.05) is 32.0 Å². The number of nitrogens with zero attached hydrogens (tertiary/aromatic N) is 3. The van der Waals surface area contributed by atoms with Crippen molar-refractivity contribution in [2.45, 2.75) is 38.1 Å². The van der Waals surface area contributed by atoms with Gasteiger partial charge in [0, 0.05) is 18.0 Å². The van der Waals surface area contributed by atoms with E-state index in [0.29, 0.717) is 12.5 Å². The molecule has 0 saturated carbocycles. The summed E-state index contributed by atoms with van der Waals surface area (Å²) in [5, 5.41) is 11.8. The Balaban J connectivity index is 1.91. The molecule has 2 heterocycles. The van der Waals surface area contributed by atoms with Crippen LogP contribution in [0.15, 0.2) is 12.1 Å². The van der Waals surface area contributed by atoms with E-state index >= 15 is 0 Å². The number of nitrogens with two attached hydrogens (primary N) is 1. The SMILES string of the molecule is CN1CCC(c2ccc(NCC(C)(C)N)nn2)CC1. The molecule has 0 aliphatic carbocycles. The van der Waals surface area contributed by atoms with E-state index in [4.69, 9.17) is 5.73 Å². The van der Waals surface area contributed by atoms with Gasteiger partial charge >= 0.3 is 0 Å². The molecule has 106 valence electrons. The molecule has 0 bridgehead atoms. The van der Waals surface area contributed by atoms with Gasteiger partial charge in [0.25, 0.3) is 0 Å². The van der Waals surface area contributed by atoms with Crippen LogP contribution in [0.1, 0.15) is 38.3 Å². The fourth-order valence-corrected chi connectivity index (χ4v) is 2.28. The van der Waals surface area contributed by atoms with Crippen molar-refractivity contribution >= 4 is 5.82 Å². The number of hydrogen-bond acceptors (Lipinski definition) is 5. The quantitative estimate of drug-likeness (QED) is 0.860. The largest absolute Gasteiger partial charge is 0.367 e. The summed E-state index contributed by atoms with van der Waals surface area (Å²) >= 11 is 0. The van der Waals surface area contributed by atoms with Crippen LogP contribution in [0.5, 0.6) is 0 Å². The predicted molar refractivity (Wildman–Crippen MR) is 78.3 cm³/mol. The van der Waals surface area contributed by atoms with Crippen LogP contribution in [0.25, 0.3) is 0 Å². The van der Waals surface area contributed by atoms with Gasteiger partial charge in [0.05, 0.1) is 5.69 Å². The van der Waals surface area contributed by atoms with Crippen molar-refractivity contribution < 1.29 is 0 Å². The molecule has 1 aromatic heterocycles. The first kappa shape index (κ1) is 14.2. The van der Waals surface area contributed by atoms with Crippen LogP contribution in [0, 0.1) is 0 Å². The monoisotopic (exact) mass is 263 g/mol. The highest BCUT2D eigenvalue weighted by Crippen LogP contribution is 2.25. The Morgan fingerprint density at radius 3 is 2.53 bits per heavy atom. The van der Waals surface area contributed by atoms with Gasteiger partial charge in [-0.1, -0.05) is 0 Å². The predicted octanol–water partition coefficient (Wildman–Crippen LogP) is 1.43. The molecule has 1 fully saturated rings. The van der Waals surface area contributed by atoms with Crippen LogP contribution in [-0.2, 0) is 0 Å². The molecule has 2 rings (SSSR count). The van der Waals surface area contributed by atoms with Gasteiger partial charge < -0.3 is 16.0 Å². The van der Waals surface area contributed by atoms with E-state index in [-0.39, 0.29) is 5.54 Å². The number of nitrogens with one attached hydrogen (secondary N) is 1. The van der Waals surface area contributed by atoms with Crippen LogP contribution in [-0.4, -0.2) is 47.3 Å².